The first-order valence-corrected chi connectivity index (χ1v) is 6.69. The van der Waals surface area contributed by atoms with Crippen molar-refractivity contribution < 1.29 is 59.5 Å². The second-order valence-corrected chi connectivity index (χ2v) is 5.17. The maximum atomic E-state index is 11.2. The molecule has 0 aromatic carbocycles. The second kappa shape index (κ2) is 6.98. The fourth-order valence-electron chi connectivity index (χ4n) is 2.23. The third-order valence-corrected chi connectivity index (χ3v) is 3.50. The lowest BCUT2D eigenvalue weighted by atomic mass is 9.98. The van der Waals surface area contributed by atoms with Crippen LogP contribution in [0.2, 0.25) is 0 Å². The highest BCUT2D eigenvalue weighted by Crippen LogP contribution is 2.27. The number of hydrogen-bond donors (Lipinski definition) is 7. The quantitative estimate of drug-likeness (QED) is 0.258. The van der Waals surface area contributed by atoms with E-state index in [1.807, 2.05) is 0 Å². The number of aliphatic hydroxyl groups excluding tert-OH is 5. The molecule has 8 atom stereocenters. The average molecular weight is 352 g/mol. The number of carboxylic acid groups (broad SMARTS) is 2. The first-order chi connectivity index (χ1) is 11.1. The highest BCUT2D eigenvalue weighted by Gasteiger charge is 2.50. The van der Waals surface area contributed by atoms with Crippen LogP contribution in [0.15, 0.2) is 11.8 Å². The number of carbonyl (C=O) groups is 2. The summed E-state index contributed by atoms with van der Waals surface area (Å²) < 4.78 is 14.4. The first-order valence-electron chi connectivity index (χ1n) is 6.69. The van der Waals surface area contributed by atoms with Crippen molar-refractivity contribution >= 4 is 11.9 Å². The van der Waals surface area contributed by atoms with Crippen LogP contribution in [0.3, 0.4) is 0 Å². The molecule has 0 spiro atoms. The lowest BCUT2D eigenvalue weighted by Crippen LogP contribution is -2.62. The topological polar surface area (TPSA) is 203 Å². The van der Waals surface area contributed by atoms with Crippen molar-refractivity contribution in [2.75, 3.05) is 0 Å². The summed E-state index contributed by atoms with van der Waals surface area (Å²) in [5.74, 6) is -4.01. The van der Waals surface area contributed by atoms with E-state index < -0.39 is 66.9 Å². The van der Waals surface area contributed by atoms with Gasteiger partial charge in [-0.05, 0) is 6.08 Å². The Hall–Kier alpha value is -1.80. The van der Waals surface area contributed by atoms with Crippen molar-refractivity contribution in [3.8, 4) is 0 Å². The van der Waals surface area contributed by atoms with E-state index in [0.717, 1.165) is 0 Å². The molecule has 0 aromatic rings. The smallest absolute Gasteiger partial charge is 0.371 e. The zero-order valence-electron chi connectivity index (χ0n) is 11.9. The predicted octanol–water partition coefficient (Wildman–Crippen LogP) is -4.06. The van der Waals surface area contributed by atoms with Gasteiger partial charge in [0.2, 0.25) is 12.0 Å². The molecule has 136 valence electrons. The van der Waals surface area contributed by atoms with E-state index in [1.54, 1.807) is 0 Å². The highest BCUT2D eigenvalue weighted by atomic mass is 16.7. The minimum atomic E-state index is -2.00. The van der Waals surface area contributed by atoms with E-state index in [1.165, 1.54) is 0 Å². The molecule has 2 aliphatic heterocycles. The largest absolute Gasteiger partial charge is 0.479 e. The molecule has 1 fully saturated rings. The van der Waals surface area contributed by atoms with Crippen LogP contribution in [0.25, 0.3) is 0 Å². The van der Waals surface area contributed by atoms with Gasteiger partial charge in [-0.3, -0.25) is 0 Å². The van der Waals surface area contributed by atoms with Gasteiger partial charge in [0.25, 0.3) is 0 Å². The highest BCUT2D eigenvalue weighted by molar-refractivity contribution is 5.84. The molecule has 2 rings (SSSR count). The van der Waals surface area contributed by atoms with Gasteiger partial charge in [-0.25, -0.2) is 9.59 Å². The molecular formula is C12H16O12. The van der Waals surface area contributed by atoms with Crippen LogP contribution in [-0.2, 0) is 23.8 Å². The Bertz CT molecular complexity index is 532. The molecule has 0 radical (unpaired) electrons. The lowest BCUT2D eigenvalue weighted by Gasteiger charge is -2.41. The van der Waals surface area contributed by atoms with Crippen molar-refractivity contribution in [3.63, 3.8) is 0 Å². The molecule has 7 N–H and O–H groups in total. The van der Waals surface area contributed by atoms with Crippen molar-refractivity contribution in [2.45, 2.75) is 49.2 Å². The van der Waals surface area contributed by atoms with Gasteiger partial charge < -0.3 is 50.0 Å². The van der Waals surface area contributed by atoms with E-state index in [4.69, 9.17) is 19.7 Å². The number of hydrogen-bond acceptors (Lipinski definition) is 10. The molecule has 2 aliphatic rings. The maximum absolute atomic E-state index is 11.2. The van der Waals surface area contributed by atoms with Crippen LogP contribution >= 0.6 is 0 Å². The molecular weight excluding hydrogens is 336 g/mol. The fraction of sp³-hybridized carbons (Fsp3) is 0.667. The molecule has 0 amide bonds. The van der Waals surface area contributed by atoms with Crippen LogP contribution < -0.4 is 0 Å². The van der Waals surface area contributed by atoms with Gasteiger partial charge in [-0.2, -0.15) is 0 Å². The summed E-state index contributed by atoms with van der Waals surface area (Å²) in [4.78, 5) is 22.0. The molecule has 0 saturated carbocycles. The van der Waals surface area contributed by atoms with Crippen LogP contribution in [-0.4, -0.2) is 96.9 Å². The van der Waals surface area contributed by atoms with Gasteiger partial charge in [0, 0.05) is 0 Å². The van der Waals surface area contributed by atoms with Gasteiger partial charge in [0.1, 0.15) is 30.5 Å². The van der Waals surface area contributed by atoms with Gasteiger partial charge in [0.15, 0.2) is 12.4 Å². The molecule has 0 aliphatic carbocycles. The molecule has 2 heterocycles. The summed E-state index contributed by atoms with van der Waals surface area (Å²) in [6, 6.07) is 0. The van der Waals surface area contributed by atoms with Crippen molar-refractivity contribution in [3.05, 3.63) is 11.8 Å². The Morgan fingerprint density at radius 2 is 1.62 bits per heavy atom. The monoisotopic (exact) mass is 352 g/mol. The van der Waals surface area contributed by atoms with Gasteiger partial charge in [-0.15, -0.1) is 0 Å². The summed E-state index contributed by atoms with van der Waals surface area (Å²) in [5.41, 5.74) is 0. The second-order valence-electron chi connectivity index (χ2n) is 5.17. The zero-order chi connectivity index (χ0) is 18.2. The summed E-state index contributed by atoms with van der Waals surface area (Å²) in [6.45, 7) is 0. The Kier molecular flexibility index (Phi) is 5.39. The number of ether oxygens (including phenoxy) is 3. The van der Waals surface area contributed by atoms with E-state index in [0.29, 0.717) is 6.08 Å². The normalized spacial score (nSPS) is 42.8. The van der Waals surface area contributed by atoms with E-state index >= 15 is 0 Å². The first kappa shape index (κ1) is 18.5. The van der Waals surface area contributed by atoms with E-state index in [2.05, 4.69) is 4.74 Å². The summed E-state index contributed by atoms with van der Waals surface area (Å²) in [7, 11) is 0. The Labute approximate surface area is 133 Å². The molecule has 12 heteroatoms. The standard InChI is InChI=1S/C12H16O12/c13-2-1-3(9(17)18)22-12(4(2)14)24-7-5(15)6(16)11(21)23-8(7)10(19)20/h1-2,4-8,11-16,21H,(H,17,18)(H,19,20)/t2-,4+,5+,6+,7+,8-,11?,12?/m0/s1. The molecule has 0 bridgehead atoms. The third kappa shape index (κ3) is 3.49. The van der Waals surface area contributed by atoms with Crippen LogP contribution in [0.1, 0.15) is 0 Å². The van der Waals surface area contributed by atoms with Gasteiger partial charge in [0.05, 0.1) is 0 Å². The Morgan fingerprint density at radius 1 is 1.00 bits per heavy atom. The minimum Gasteiger partial charge on any atom is -0.479 e. The third-order valence-electron chi connectivity index (χ3n) is 3.50. The van der Waals surface area contributed by atoms with E-state index in [-0.39, 0.29) is 0 Å². The summed E-state index contributed by atoms with van der Waals surface area (Å²) >= 11 is 0. The summed E-state index contributed by atoms with van der Waals surface area (Å²) in [6.07, 6.45) is -14.3. The number of aliphatic carboxylic acids is 2. The van der Waals surface area contributed by atoms with E-state index in [9.17, 15) is 35.1 Å². The number of carboxylic acids is 2. The molecule has 2 unspecified atom stereocenters. The van der Waals surface area contributed by atoms with Crippen molar-refractivity contribution in [1.29, 1.82) is 0 Å². The Balaban J connectivity index is 2.21. The van der Waals surface area contributed by atoms with Crippen LogP contribution in [0, 0.1) is 0 Å². The van der Waals surface area contributed by atoms with Crippen LogP contribution in [0.5, 0.6) is 0 Å². The number of rotatable bonds is 4. The van der Waals surface area contributed by atoms with Crippen LogP contribution in [0.4, 0.5) is 0 Å². The fourth-order valence-corrected chi connectivity index (χ4v) is 2.23. The van der Waals surface area contributed by atoms with Crippen molar-refractivity contribution in [2.24, 2.45) is 0 Å². The molecule has 1 saturated heterocycles. The zero-order valence-corrected chi connectivity index (χ0v) is 11.9. The maximum Gasteiger partial charge on any atom is 0.371 e. The molecule has 24 heavy (non-hydrogen) atoms. The molecule has 12 nitrogen and oxygen atoms in total. The predicted molar refractivity (Wildman–Crippen MR) is 68.0 cm³/mol. The SMILES string of the molecule is O=C(O)C1=C[C@H](O)[C@@H](O)C(O[C@@H]2[C@H](O)[C@@H](O)C(O)O[C@@H]2C(=O)O)O1. The number of aliphatic hydroxyl groups is 5. The Morgan fingerprint density at radius 3 is 2.17 bits per heavy atom. The molecule has 0 aromatic heterocycles. The van der Waals surface area contributed by atoms with Gasteiger partial charge in [-0.1, -0.05) is 0 Å². The average Bonchev–Trinajstić information content (AvgIpc) is 2.51. The van der Waals surface area contributed by atoms with Crippen molar-refractivity contribution in [1.82, 2.24) is 0 Å². The summed E-state index contributed by atoms with van der Waals surface area (Å²) in [5, 5.41) is 66.0. The lowest BCUT2D eigenvalue weighted by molar-refractivity contribution is -0.319. The van der Waals surface area contributed by atoms with Gasteiger partial charge >= 0.3 is 11.9 Å². The minimum absolute atomic E-state index is 0.702.